The van der Waals surface area contributed by atoms with E-state index in [1.807, 2.05) is 6.21 Å². The highest BCUT2D eigenvalue weighted by Crippen LogP contribution is 2.20. The Balaban J connectivity index is 2.23. The Morgan fingerprint density at radius 3 is 3.44 bits per heavy atom. The van der Waals surface area contributed by atoms with Gasteiger partial charge in [0.25, 0.3) is 0 Å². The van der Waals surface area contributed by atoms with E-state index < -0.39 is 0 Å². The molecule has 1 atom stereocenters. The lowest BCUT2D eigenvalue weighted by molar-refractivity contribution is 0.541. The number of hydrogen-bond acceptors (Lipinski definition) is 1. The highest BCUT2D eigenvalue weighted by molar-refractivity contribution is 5.82. The van der Waals surface area contributed by atoms with Gasteiger partial charge in [0.05, 0.1) is 12.3 Å². The van der Waals surface area contributed by atoms with Gasteiger partial charge in [0.15, 0.2) is 0 Å². The van der Waals surface area contributed by atoms with Gasteiger partial charge in [-0.25, -0.2) is 0 Å². The summed E-state index contributed by atoms with van der Waals surface area (Å²) in [4.78, 5) is 0. The van der Waals surface area contributed by atoms with Gasteiger partial charge >= 0.3 is 0 Å². The third-order valence-electron chi connectivity index (χ3n) is 1.86. The molecule has 0 spiro atoms. The van der Waals surface area contributed by atoms with Crippen molar-refractivity contribution in [3.63, 3.8) is 0 Å². The molecule has 0 bridgehead atoms. The summed E-state index contributed by atoms with van der Waals surface area (Å²) in [5.41, 5.74) is 5.39. The number of fused-ring (bicyclic) bond motifs is 1. The second kappa shape index (κ2) is 1.87. The van der Waals surface area contributed by atoms with E-state index >= 15 is 0 Å². The average molecular weight is 121 g/mol. The summed E-state index contributed by atoms with van der Waals surface area (Å²) in [7, 11) is 0. The summed E-state index contributed by atoms with van der Waals surface area (Å²) >= 11 is 0. The zero-order valence-corrected chi connectivity index (χ0v) is 5.25. The maximum atomic E-state index is 4.06. The molecule has 1 unspecified atom stereocenters. The maximum absolute atomic E-state index is 4.06. The lowest BCUT2D eigenvalue weighted by Gasteiger charge is -2.12. The number of hydrogen-bond donors (Lipinski definition) is 0. The standard InChI is InChI=1S/C7H9N2/c1-2-4-7-6(3-1)5-8-9-7/h3,5,7H,1-2,4H2. The fraction of sp³-hybridized carbons (Fsp3) is 0.571. The van der Waals surface area contributed by atoms with Gasteiger partial charge in [0.2, 0.25) is 0 Å². The first kappa shape index (κ1) is 5.03. The van der Waals surface area contributed by atoms with Gasteiger partial charge in [0, 0.05) is 0 Å². The molecule has 1 radical (unpaired) electrons. The Morgan fingerprint density at radius 1 is 1.56 bits per heavy atom. The van der Waals surface area contributed by atoms with Crippen LogP contribution in [0.1, 0.15) is 19.3 Å². The van der Waals surface area contributed by atoms with E-state index in [0.29, 0.717) is 6.04 Å². The van der Waals surface area contributed by atoms with Crippen molar-refractivity contribution in [3.8, 4) is 0 Å². The minimum Gasteiger partial charge on any atom is -0.181 e. The minimum atomic E-state index is 0.429. The van der Waals surface area contributed by atoms with Gasteiger partial charge in [0.1, 0.15) is 0 Å². The first-order chi connectivity index (χ1) is 4.47. The minimum absolute atomic E-state index is 0.429. The van der Waals surface area contributed by atoms with Crippen LogP contribution in [0.2, 0.25) is 0 Å². The van der Waals surface area contributed by atoms with Crippen LogP contribution in [0.25, 0.3) is 0 Å². The average Bonchev–Trinajstić information content (AvgIpc) is 2.33. The SMILES string of the molecule is C1=N[N]C2CCCC=C12. The fourth-order valence-corrected chi connectivity index (χ4v) is 1.33. The molecular formula is C7H9N2. The monoisotopic (exact) mass is 121 g/mol. The summed E-state index contributed by atoms with van der Waals surface area (Å²) in [6.45, 7) is 0. The van der Waals surface area contributed by atoms with E-state index in [1.54, 1.807) is 0 Å². The number of nitrogens with zero attached hydrogens (tertiary/aromatic N) is 2. The van der Waals surface area contributed by atoms with E-state index in [2.05, 4.69) is 16.6 Å². The van der Waals surface area contributed by atoms with Gasteiger partial charge in [-0.05, 0) is 24.8 Å². The van der Waals surface area contributed by atoms with Crippen LogP contribution in [0.15, 0.2) is 16.8 Å². The molecule has 2 aliphatic rings. The lowest BCUT2D eigenvalue weighted by atomic mass is 9.96. The smallest absolute Gasteiger partial charge is 0.0974 e. The Labute approximate surface area is 54.6 Å². The molecule has 2 rings (SSSR count). The van der Waals surface area contributed by atoms with Crippen molar-refractivity contribution in [2.75, 3.05) is 0 Å². The molecule has 1 aliphatic heterocycles. The molecule has 0 N–H and O–H groups in total. The summed E-state index contributed by atoms with van der Waals surface area (Å²) in [5, 5.41) is 3.86. The van der Waals surface area contributed by atoms with Crippen molar-refractivity contribution in [2.24, 2.45) is 5.10 Å². The van der Waals surface area contributed by atoms with Crippen LogP contribution in [0, 0.1) is 0 Å². The fourth-order valence-electron chi connectivity index (χ4n) is 1.33. The molecule has 0 saturated heterocycles. The molecule has 1 aliphatic carbocycles. The molecule has 0 aromatic carbocycles. The van der Waals surface area contributed by atoms with E-state index in [4.69, 9.17) is 0 Å². The largest absolute Gasteiger partial charge is 0.181 e. The zero-order valence-electron chi connectivity index (χ0n) is 5.25. The molecule has 2 heteroatoms. The molecule has 0 fully saturated rings. The molecule has 2 nitrogen and oxygen atoms in total. The first-order valence-electron chi connectivity index (χ1n) is 3.40. The van der Waals surface area contributed by atoms with Gasteiger partial charge in [-0.3, -0.25) is 0 Å². The van der Waals surface area contributed by atoms with Crippen LogP contribution in [-0.4, -0.2) is 12.3 Å². The highest BCUT2D eigenvalue weighted by atomic mass is 15.3. The summed E-state index contributed by atoms with van der Waals surface area (Å²) in [6.07, 6.45) is 7.82. The van der Waals surface area contributed by atoms with E-state index in [1.165, 1.54) is 24.8 Å². The van der Waals surface area contributed by atoms with Crippen molar-refractivity contribution < 1.29 is 0 Å². The molecule has 9 heavy (non-hydrogen) atoms. The number of rotatable bonds is 0. The first-order valence-corrected chi connectivity index (χ1v) is 3.40. The Morgan fingerprint density at radius 2 is 2.56 bits per heavy atom. The maximum Gasteiger partial charge on any atom is 0.0974 e. The Kier molecular flexibility index (Phi) is 1.04. The zero-order chi connectivity index (χ0) is 6.10. The normalized spacial score (nSPS) is 31.1. The van der Waals surface area contributed by atoms with Crippen LogP contribution in [0.3, 0.4) is 0 Å². The molecule has 0 saturated carbocycles. The van der Waals surface area contributed by atoms with Crippen LogP contribution in [0.4, 0.5) is 0 Å². The van der Waals surface area contributed by atoms with Crippen LogP contribution < -0.4 is 5.43 Å². The van der Waals surface area contributed by atoms with Crippen molar-refractivity contribution in [1.82, 2.24) is 5.43 Å². The van der Waals surface area contributed by atoms with Crippen LogP contribution in [-0.2, 0) is 0 Å². The van der Waals surface area contributed by atoms with E-state index in [9.17, 15) is 0 Å². The Bertz CT molecular complexity index is 170. The molecule has 47 valence electrons. The third kappa shape index (κ3) is 0.745. The van der Waals surface area contributed by atoms with Crippen molar-refractivity contribution in [3.05, 3.63) is 11.6 Å². The summed E-state index contributed by atoms with van der Waals surface area (Å²) in [6, 6.07) is 0.429. The molecule has 1 heterocycles. The van der Waals surface area contributed by atoms with Gasteiger partial charge < -0.3 is 0 Å². The summed E-state index contributed by atoms with van der Waals surface area (Å²) < 4.78 is 0. The lowest BCUT2D eigenvalue weighted by Crippen LogP contribution is -2.17. The molecule has 0 amide bonds. The molecule has 0 aromatic heterocycles. The van der Waals surface area contributed by atoms with Crippen molar-refractivity contribution >= 4 is 6.21 Å². The quantitative estimate of drug-likeness (QED) is 0.458. The predicted octanol–water partition coefficient (Wildman–Crippen LogP) is 1.07. The van der Waals surface area contributed by atoms with Gasteiger partial charge in [-0.1, -0.05) is 6.08 Å². The highest BCUT2D eigenvalue weighted by Gasteiger charge is 2.20. The molecule has 0 aromatic rings. The van der Waals surface area contributed by atoms with Gasteiger partial charge in [-0.2, -0.15) is 10.5 Å². The van der Waals surface area contributed by atoms with E-state index in [0.717, 1.165) is 0 Å². The topological polar surface area (TPSA) is 26.5 Å². The van der Waals surface area contributed by atoms with Crippen molar-refractivity contribution in [2.45, 2.75) is 25.3 Å². The third-order valence-corrected chi connectivity index (χ3v) is 1.86. The van der Waals surface area contributed by atoms with Gasteiger partial charge in [-0.15, -0.1) is 0 Å². The number of allylic oxidation sites excluding steroid dienone is 1. The van der Waals surface area contributed by atoms with Crippen molar-refractivity contribution in [1.29, 1.82) is 0 Å². The van der Waals surface area contributed by atoms with Crippen LogP contribution >= 0.6 is 0 Å². The second-order valence-electron chi connectivity index (χ2n) is 2.51. The Hall–Kier alpha value is -0.790. The molecular weight excluding hydrogens is 112 g/mol. The van der Waals surface area contributed by atoms with Crippen LogP contribution in [0.5, 0.6) is 0 Å². The van der Waals surface area contributed by atoms with E-state index in [-0.39, 0.29) is 0 Å². The predicted molar refractivity (Wildman–Crippen MR) is 36.3 cm³/mol. The second-order valence-corrected chi connectivity index (χ2v) is 2.51. The summed E-state index contributed by atoms with van der Waals surface area (Å²) in [5.74, 6) is 0.